The normalized spacial score (nSPS) is 19.2. The van der Waals surface area contributed by atoms with Gasteiger partial charge in [-0.2, -0.15) is 4.98 Å². The molecule has 1 aromatic carbocycles. The molecule has 0 saturated carbocycles. The zero-order valence-corrected chi connectivity index (χ0v) is 14.7. The summed E-state index contributed by atoms with van der Waals surface area (Å²) >= 11 is 0. The molecule has 1 aliphatic rings. The minimum absolute atomic E-state index is 0.117. The number of sulfone groups is 1. The molecule has 1 atom stereocenters. The Labute approximate surface area is 142 Å². The summed E-state index contributed by atoms with van der Waals surface area (Å²) in [5.41, 5.74) is 3.06. The molecular weight excluding hydrogens is 324 g/mol. The number of nitrogens with zero attached hydrogens (tertiary/aromatic N) is 2. The molecule has 2 N–H and O–H groups in total. The summed E-state index contributed by atoms with van der Waals surface area (Å²) in [6.07, 6.45) is 1.60. The quantitative estimate of drug-likeness (QED) is 0.866. The fourth-order valence-electron chi connectivity index (χ4n) is 2.76. The molecule has 0 amide bonds. The van der Waals surface area contributed by atoms with Crippen molar-refractivity contribution in [1.29, 1.82) is 0 Å². The van der Waals surface area contributed by atoms with E-state index in [1.807, 2.05) is 25.1 Å². The summed E-state index contributed by atoms with van der Waals surface area (Å²) in [6.45, 7) is 4.01. The van der Waals surface area contributed by atoms with Crippen molar-refractivity contribution in [2.75, 3.05) is 22.1 Å². The first-order valence-corrected chi connectivity index (χ1v) is 9.94. The van der Waals surface area contributed by atoms with Crippen LogP contribution in [-0.2, 0) is 16.3 Å². The van der Waals surface area contributed by atoms with Crippen LogP contribution in [0.3, 0.4) is 0 Å². The second-order valence-corrected chi connectivity index (χ2v) is 8.37. The van der Waals surface area contributed by atoms with E-state index in [0.717, 1.165) is 17.8 Å². The van der Waals surface area contributed by atoms with Crippen LogP contribution in [0.4, 0.5) is 17.5 Å². The Hall–Kier alpha value is -2.15. The molecule has 0 aliphatic carbocycles. The van der Waals surface area contributed by atoms with Gasteiger partial charge in [-0.15, -0.1) is 0 Å². The van der Waals surface area contributed by atoms with Gasteiger partial charge in [-0.1, -0.05) is 19.1 Å². The average Bonchev–Trinajstić information content (AvgIpc) is 2.86. The summed E-state index contributed by atoms with van der Waals surface area (Å²) in [5.74, 6) is 1.52. The van der Waals surface area contributed by atoms with E-state index in [0.29, 0.717) is 18.2 Å². The summed E-state index contributed by atoms with van der Waals surface area (Å²) in [6, 6.07) is 9.95. The van der Waals surface area contributed by atoms with Gasteiger partial charge in [-0.3, -0.25) is 0 Å². The van der Waals surface area contributed by atoms with Gasteiger partial charge in [0.05, 0.1) is 11.5 Å². The Morgan fingerprint density at radius 3 is 2.58 bits per heavy atom. The van der Waals surface area contributed by atoms with E-state index < -0.39 is 9.84 Å². The smallest absolute Gasteiger partial charge is 0.225 e. The van der Waals surface area contributed by atoms with Crippen LogP contribution >= 0.6 is 0 Å². The van der Waals surface area contributed by atoms with Gasteiger partial charge in [-0.05, 0) is 37.5 Å². The van der Waals surface area contributed by atoms with Gasteiger partial charge in [0, 0.05) is 23.5 Å². The van der Waals surface area contributed by atoms with E-state index in [1.165, 1.54) is 5.56 Å². The number of rotatable bonds is 5. The highest BCUT2D eigenvalue weighted by Gasteiger charge is 2.28. The number of aromatic nitrogens is 2. The second-order valence-electron chi connectivity index (χ2n) is 6.14. The maximum Gasteiger partial charge on any atom is 0.225 e. The van der Waals surface area contributed by atoms with Crippen LogP contribution < -0.4 is 10.6 Å². The first-order valence-electron chi connectivity index (χ1n) is 8.12. The molecule has 1 unspecified atom stereocenters. The zero-order valence-electron chi connectivity index (χ0n) is 13.9. The van der Waals surface area contributed by atoms with Gasteiger partial charge < -0.3 is 10.6 Å². The highest BCUT2D eigenvalue weighted by Crippen LogP contribution is 2.20. The van der Waals surface area contributed by atoms with E-state index in [2.05, 4.69) is 39.7 Å². The highest BCUT2D eigenvalue weighted by atomic mass is 32.2. The van der Waals surface area contributed by atoms with Crippen molar-refractivity contribution in [3.8, 4) is 0 Å². The van der Waals surface area contributed by atoms with Crippen LogP contribution in [0.15, 0.2) is 30.3 Å². The Morgan fingerprint density at radius 1 is 1.21 bits per heavy atom. The van der Waals surface area contributed by atoms with Gasteiger partial charge in [-0.25, -0.2) is 13.4 Å². The lowest BCUT2D eigenvalue weighted by Gasteiger charge is -2.13. The third-order valence-electron chi connectivity index (χ3n) is 4.05. The second kappa shape index (κ2) is 6.76. The monoisotopic (exact) mass is 346 g/mol. The molecule has 1 aliphatic heterocycles. The first kappa shape index (κ1) is 16.7. The first-order chi connectivity index (χ1) is 11.4. The van der Waals surface area contributed by atoms with E-state index in [4.69, 9.17) is 0 Å². The summed E-state index contributed by atoms with van der Waals surface area (Å²) in [7, 11) is -2.92. The molecule has 6 nitrogen and oxygen atoms in total. The standard InChI is InChI=1S/C17H22N4O2S/c1-3-13-4-6-14(7-5-13)19-16-10-12(2)18-17(21-16)20-15-8-9-24(22,23)11-15/h4-7,10,15H,3,8-9,11H2,1-2H3,(H2,18,19,20,21). The Balaban J connectivity index is 1.73. The lowest BCUT2D eigenvalue weighted by Crippen LogP contribution is -2.22. The molecule has 0 radical (unpaired) electrons. The maximum absolute atomic E-state index is 11.6. The molecule has 1 aromatic heterocycles. The molecule has 0 spiro atoms. The van der Waals surface area contributed by atoms with Crippen molar-refractivity contribution in [2.45, 2.75) is 32.7 Å². The van der Waals surface area contributed by atoms with Crippen LogP contribution in [0.25, 0.3) is 0 Å². The van der Waals surface area contributed by atoms with Crippen LogP contribution in [0, 0.1) is 6.92 Å². The predicted molar refractivity (Wildman–Crippen MR) is 96.6 cm³/mol. The minimum Gasteiger partial charge on any atom is -0.350 e. The Morgan fingerprint density at radius 2 is 1.96 bits per heavy atom. The van der Waals surface area contributed by atoms with Crippen LogP contribution in [0.1, 0.15) is 24.6 Å². The summed E-state index contributed by atoms with van der Waals surface area (Å²) in [4.78, 5) is 8.81. The Kier molecular flexibility index (Phi) is 4.71. The van der Waals surface area contributed by atoms with Crippen molar-refractivity contribution in [1.82, 2.24) is 9.97 Å². The number of nitrogens with one attached hydrogen (secondary N) is 2. The Bertz CT molecular complexity index is 819. The minimum atomic E-state index is -2.92. The van der Waals surface area contributed by atoms with Gasteiger partial charge in [0.25, 0.3) is 0 Å². The van der Waals surface area contributed by atoms with Gasteiger partial charge in [0.1, 0.15) is 5.82 Å². The topological polar surface area (TPSA) is 84.0 Å². The lowest BCUT2D eigenvalue weighted by molar-refractivity contribution is 0.602. The molecule has 1 saturated heterocycles. The molecule has 2 aromatic rings. The molecule has 0 bridgehead atoms. The van der Waals surface area contributed by atoms with Crippen molar-refractivity contribution in [3.63, 3.8) is 0 Å². The molecule has 3 rings (SSSR count). The molecule has 128 valence electrons. The van der Waals surface area contributed by atoms with E-state index in [1.54, 1.807) is 0 Å². The SMILES string of the molecule is CCc1ccc(Nc2cc(C)nc(NC3CCS(=O)(=O)C3)n2)cc1. The van der Waals surface area contributed by atoms with Gasteiger partial charge >= 0.3 is 0 Å². The van der Waals surface area contributed by atoms with Crippen molar-refractivity contribution >= 4 is 27.3 Å². The van der Waals surface area contributed by atoms with Gasteiger partial charge in [0.15, 0.2) is 9.84 Å². The highest BCUT2D eigenvalue weighted by molar-refractivity contribution is 7.91. The van der Waals surface area contributed by atoms with Crippen molar-refractivity contribution < 1.29 is 8.42 Å². The van der Waals surface area contributed by atoms with Crippen LogP contribution in [-0.4, -0.2) is 35.9 Å². The maximum atomic E-state index is 11.6. The summed E-state index contributed by atoms with van der Waals surface area (Å²) in [5, 5.41) is 6.41. The zero-order chi connectivity index (χ0) is 17.2. The third kappa shape index (κ3) is 4.23. The van der Waals surface area contributed by atoms with E-state index in [-0.39, 0.29) is 17.5 Å². The number of aryl methyl sites for hydroxylation is 2. The molecule has 2 heterocycles. The molecule has 1 fully saturated rings. The fourth-order valence-corrected chi connectivity index (χ4v) is 4.43. The van der Waals surface area contributed by atoms with Crippen molar-refractivity contribution in [2.24, 2.45) is 0 Å². The van der Waals surface area contributed by atoms with Crippen LogP contribution in [0.5, 0.6) is 0 Å². The number of hydrogen-bond donors (Lipinski definition) is 2. The molecule has 7 heteroatoms. The molecular formula is C17H22N4O2S. The predicted octanol–water partition coefficient (Wildman–Crippen LogP) is 2.69. The van der Waals surface area contributed by atoms with Gasteiger partial charge in [0.2, 0.25) is 5.95 Å². The van der Waals surface area contributed by atoms with E-state index >= 15 is 0 Å². The summed E-state index contributed by atoms with van der Waals surface area (Å²) < 4.78 is 23.1. The number of benzene rings is 1. The number of hydrogen-bond acceptors (Lipinski definition) is 6. The lowest BCUT2D eigenvalue weighted by atomic mass is 10.1. The fraction of sp³-hybridized carbons (Fsp3) is 0.412. The number of anilines is 3. The van der Waals surface area contributed by atoms with E-state index in [9.17, 15) is 8.42 Å². The average molecular weight is 346 g/mol. The largest absolute Gasteiger partial charge is 0.350 e. The molecule has 24 heavy (non-hydrogen) atoms. The van der Waals surface area contributed by atoms with Crippen molar-refractivity contribution in [3.05, 3.63) is 41.6 Å². The van der Waals surface area contributed by atoms with Crippen LogP contribution in [0.2, 0.25) is 0 Å². The third-order valence-corrected chi connectivity index (χ3v) is 5.82.